The first-order valence-electron chi connectivity index (χ1n) is 24.2. The van der Waals surface area contributed by atoms with E-state index in [1.165, 1.54) is 0 Å². The molecule has 0 aliphatic carbocycles. The lowest BCUT2D eigenvalue weighted by molar-refractivity contribution is -0.320. The summed E-state index contributed by atoms with van der Waals surface area (Å²) in [6.45, 7) is 1.96. The minimum atomic E-state index is -0.837. The van der Waals surface area contributed by atoms with Crippen LogP contribution in [0.5, 0.6) is 0 Å². The summed E-state index contributed by atoms with van der Waals surface area (Å²) in [4.78, 5) is 0. The Kier molecular flexibility index (Phi) is 18.2. The molecule has 6 aromatic carbocycles. The van der Waals surface area contributed by atoms with Crippen molar-refractivity contribution >= 4 is 0 Å². The van der Waals surface area contributed by atoms with E-state index >= 15 is 0 Å². The molecule has 14 heteroatoms. The summed E-state index contributed by atoms with van der Waals surface area (Å²) in [6.07, 6.45) is -6.78. The third-order valence-electron chi connectivity index (χ3n) is 12.7. The van der Waals surface area contributed by atoms with E-state index in [0.717, 1.165) is 33.4 Å². The molecular weight excluding hydrogens is 901 g/mol. The number of benzene rings is 6. The third kappa shape index (κ3) is 13.7. The Morgan fingerprint density at radius 1 is 0.380 bits per heavy atom. The Balaban J connectivity index is 1.02. The first-order chi connectivity index (χ1) is 35.1. The second-order valence-electron chi connectivity index (χ2n) is 17.6. The molecule has 2 fully saturated rings. The van der Waals surface area contributed by atoms with Crippen LogP contribution < -0.4 is 0 Å². The van der Waals surface area contributed by atoms with Gasteiger partial charge in [0.15, 0.2) is 18.4 Å². The zero-order valence-electron chi connectivity index (χ0n) is 40.1. The predicted octanol–water partition coefficient (Wildman–Crippen LogP) is 8.47. The van der Waals surface area contributed by atoms with Crippen LogP contribution in [0.15, 0.2) is 182 Å². The highest BCUT2D eigenvalue weighted by Gasteiger charge is 2.51. The molecule has 370 valence electrons. The fourth-order valence-electron chi connectivity index (χ4n) is 9.04. The molecule has 2 saturated heterocycles. The van der Waals surface area contributed by atoms with Gasteiger partial charge >= 0.3 is 0 Å². The van der Waals surface area contributed by atoms with Crippen molar-refractivity contribution in [1.82, 2.24) is 20.2 Å². The number of rotatable bonds is 24. The number of hydrogen-bond donors (Lipinski definition) is 0. The molecule has 0 amide bonds. The molecule has 2 aliphatic rings. The molecular formula is C57H62N4O10. The summed E-state index contributed by atoms with van der Waals surface area (Å²) < 4.78 is 68.6. The quantitative estimate of drug-likeness (QED) is 0.0574. The van der Waals surface area contributed by atoms with Crippen LogP contribution in [-0.2, 0) is 100.0 Å². The van der Waals surface area contributed by atoms with Crippen molar-refractivity contribution in [1.29, 1.82) is 0 Å². The summed E-state index contributed by atoms with van der Waals surface area (Å²) in [6, 6.07) is 60.1. The van der Waals surface area contributed by atoms with Gasteiger partial charge in [-0.3, -0.25) is 0 Å². The van der Waals surface area contributed by atoms with Crippen LogP contribution in [0.3, 0.4) is 0 Å². The summed E-state index contributed by atoms with van der Waals surface area (Å²) in [5.41, 5.74) is 5.99. The van der Waals surface area contributed by atoms with Crippen LogP contribution in [0.2, 0.25) is 0 Å². The van der Waals surface area contributed by atoms with Crippen molar-refractivity contribution in [2.75, 3.05) is 14.2 Å². The predicted molar refractivity (Wildman–Crippen MR) is 263 cm³/mol. The monoisotopic (exact) mass is 962 g/mol. The van der Waals surface area contributed by atoms with E-state index in [1.807, 2.05) is 182 Å². The molecule has 0 unspecified atom stereocenters. The summed E-state index contributed by atoms with van der Waals surface area (Å²) >= 11 is 0. The molecule has 1 aromatic heterocycles. The van der Waals surface area contributed by atoms with Crippen LogP contribution in [0.1, 0.15) is 39.2 Å². The van der Waals surface area contributed by atoms with Gasteiger partial charge in [0.25, 0.3) is 0 Å². The van der Waals surface area contributed by atoms with Gasteiger partial charge in [0, 0.05) is 20.6 Å². The number of aromatic nitrogens is 4. The average Bonchev–Trinajstić information content (AvgIpc) is 3.87. The molecule has 0 radical (unpaired) electrons. The standard InChI is InChI=1S/C57H62N4O10/c1-62-56-54(68-39-45-29-17-7-18-30-45)52(66-37-43-25-13-5-14-26-43)50(64-35-41-21-9-3-10-22-41)47(70-56)33-49-58-59-60-61(49)34-48-51(65-36-42-23-11-4-12-24-42)53(67-38-44-27-15-6-16-28-44)55(57(63-2)71-48)69-40-46-31-19-8-20-32-46/h3-32,47-48,50-57H,33-40H2,1-2H3/t47-,48-,50-,51-,52+,53+,54-,55-,56-,57-/m1/s1. The van der Waals surface area contributed by atoms with E-state index in [-0.39, 0.29) is 26.2 Å². The van der Waals surface area contributed by atoms with Crippen molar-refractivity contribution in [3.8, 4) is 0 Å². The molecule has 0 spiro atoms. The average molecular weight is 963 g/mol. The van der Waals surface area contributed by atoms with Crippen LogP contribution in [0.4, 0.5) is 0 Å². The highest BCUT2D eigenvalue weighted by molar-refractivity contribution is 5.18. The van der Waals surface area contributed by atoms with E-state index in [2.05, 4.69) is 15.5 Å². The van der Waals surface area contributed by atoms with Crippen LogP contribution in [0, 0.1) is 0 Å². The normalized spacial score (nSPS) is 24.4. The van der Waals surface area contributed by atoms with Crippen molar-refractivity contribution in [2.45, 2.75) is 114 Å². The number of nitrogens with zero attached hydrogens (tertiary/aromatic N) is 4. The largest absolute Gasteiger partial charge is 0.368 e. The Labute approximate surface area is 415 Å². The molecule has 10 atom stereocenters. The van der Waals surface area contributed by atoms with Gasteiger partial charge in [-0.1, -0.05) is 182 Å². The maximum absolute atomic E-state index is 6.91. The maximum Gasteiger partial charge on any atom is 0.186 e. The zero-order valence-corrected chi connectivity index (χ0v) is 40.1. The Hall–Kier alpha value is -6.01. The van der Waals surface area contributed by atoms with Gasteiger partial charge in [0.1, 0.15) is 42.7 Å². The lowest BCUT2D eigenvalue weighted by Gasteiger charge is -2.46. The highest BCUT2D eigenvalue weighted by atomic mass is 16.7. The second kappa shape index (κ2) is 25.9. The maximum atomic E-state index is 6.91. The summed E-state index contributed by atoms with van der Waals surface area (Å²) in [5.74, 6) is 0.521. The van der Waals surface area contributed by atoms with Gasteiger partial charge in [-0.15, -0.1) is 5.10 Å². The molecule has 2 aliphatic heterocycles. The lowest BCUT2D eigenvalue weighted by Crippen LogP contribution is -2.62. The minimum Gasteiger partial charge on any atom is -0.368 e. The van der Waals surface area contributed by atoms with Crippen molar-refractivity contribution in [3.05, 3.63) is 221 Å². The van der Waals surface area contributed by atoms with Crippen LogP contribution >= 0.6 is 0 Å². The van der Waals surface area contributed by atoms with Gasteiger partial charge in [0.05, 0.1) is 52.3 Å². The first-order valence-corrected chi connectivity index (χ1v) is 24.2. The third-order valence-corrected chi connectivity index (χ3v) is 12.7. The zero-order chi connectivity index (χ0) is 48.5. The van der Waals surface area contributed by atoms with E-state index in [0.29, 0.717) is 32.3 Å². The fourth-order valence-corrected chi connectivity index (χ4v) is 9.04. The Bertz CT molecular complexity index is 2390. The lowest BCUT2D eigenvalue weighted by atomic mass is 9.95. The molecule has 7 aromatic rings. The van der Waals surface area contributed by atoms with Gasteiger partial charge in [-0.2, -0.15) is 0 Å². The summed E-state index contributed by atoms with van der Waals surface area (Å²) in [7, 11) is 3.22. The van der Waals surface area contributed by atoms with Gasteiger partial charge in [0.2, 0.25) is 0 Å². The molecule has 71 heavy (non-hydrogen) atoms. The first kappa shape index (κ1) is 50.0. The number of ether oxygens (including phenoxy) is 10. The Morgan fingerprint density at radius 2 is 0.676 bits per heavy atom. The Morgan fingerprint density at radius 3 is 1.01 bits per heavy atom. The minimum absolute atomic E-state index is 0.172. The van der Waals surface area contributed by atoms with E-state index in [4.69, 9.17) is 47.4 Å². The van der Waals surface area contributed by atoms with Gasteiger partial charge in [-0.05, 0) is 43.8 Å². The van der Waals surface area contributed by atoms with Crippen LogP contribution in [-0.4, -0.2) is 95.8 Å². The fraction of sp³-hybridized carbons (Fsp3) is 0.351. The van der Waals surface area contributed by atoms with Gasteiger partial charge in [-0.25, -0.2) is 4.68 Å². The SMILES string of the molecule is CO[C@@H]1O[C@H](Cc2nnnn2C[C@H]2O[C@@H](OC)[C@H](OCc3ccccc3)[C@@H](OCc3ccccc3)[C@@H]2OCc2ccccc2)[C@@H](OCc2ccccc2)[C@H](OCc2ccccc2)[C@H]1OCc1ccccc1. The highest BCUT2D eigenvalue weighted by Crippen LogP contribution is 2.34. The smallest absolute Gasteiger partial charge is 0.186 e. The number of methoxy groups -OCH3 is 2. The molecule has 14 nitrogen and oxygen atoms in total. The number of tetrazole rings is 1. The second-order valence-corrected chi connectivity index (χ2v) is 17.6. The van der Waals surface area contributed by atoms with E-state index in [9.17, 15) is 0 Å². The van der Waals surface area contributed by atoms with Crippen molar-refractivity contribution in [3.63, 3.8) is 0 Å². The molecule has 9 rings (SSSR count). The molecule has 0 N–H and O–H groups in total. The van der Waals surface area contributed by atoms with Crippen molar-refractivity contribution < 1.29 is 47.4 Å². The molecule has 0 saturated carbocycles. The van der Waals surface area contributed by atoms with Crippen LogP contribution in [0.25, 0.3) is 0 Å². The summed E-state index contributed by atoms with van der Waals surface area (Å²) in [5, 5.41) is 13.4. The molecule has 3 heterocycles. The molecule has 0 bridgehead atoms. The topological polar surface area (TPSA) is 136 Å². The van der Waals surface area contributed by atoms with Crippen molar-refractivity contribution in [2.24, 2.45) is 0 Å². The van der Waals surface area contributed by atoms with Gasteiger partial charge < -0.3 is 47.4 Å². The van der Waals surface area contributed by atoms with E-state index < -0.39 is 61.4 Å². The van der Waals surface area contributed by atoms with E-state index in [1.54, 1.807) is 18.9 Å². The number of hydrogen-bond acceptors (Lipinski definition) is 13.